The number of carbonyl (C=O) groups is 1. The summed E-state index contributed by atoms with van der Waals surface area (Å²) in [6.07, 6.45) is 3.55. The van der Waals surface area contributed by atoms with Crippen molar-refractivity contribution in [1.29, 1.82) is 0 Å². The van der Waals surface area contributed by atoms with Crippen molar-refractivity contribution in [3.05, 3.63) is 71.5 Å². The molecule has 4 rings (SSSR count). The number of amides is 1. The fraction of sp³-hybridized carbons (Fsp3) is 0.348. The molecule has 0 bridgehead atoms. The standard InChI is InChI=1S/C23H26N4O2/c1-4-5-22(28)26-20(17-10-12-19(29-3)13-11-17)14-21(27-23(26)24-15-25-27)18-8-6-16(2)7-9-18/h6-13,15,20-21H,4-5,14H2,1-3H3/t20-,21-/m1/s1. The third kappa shape index (κ3) is 3.62. The molecule has 6 heteroatoms. The Labute approximate surface area is 171 Å². The SMILES string of the molecule is CCCC(=O)N1c2ncnn2[C@@H](c2ccc(C)cc2)C[C@@H]1c1ccc(OC)cc1. The average Bonchev–Trinajstić information content (AvgIpc) is 3.23. The number of ether oxygens (including phenoxy) is 1. The third-order valence-electron chi connectivity index (χ3n) is 5.52. The number of methoxy groups -OCH3 is 1. The maximum atomic E-state index is 13.1. The Hall–Kier alpha value is -3.15. The zero-order valence-electron chi connectivity index (χ0n) is 17.1. The van der Waals surface area contributed by atoms with Gasteiger partial charge in [0, 0.05) is 6.42 Å². The summed E-state index contributed by atoms with van der Waals surface area (Å²) in [6, 6.07) is 16.4. The minimum absolute atomic E-state index is 0.0193. The maximum Gasteiger partial charge on any atom is 0.231 e. The molecule has 1 amide bonds. The fourth-order valence-corrected chi connectivity index (χ4v) is 3.99. The van der Waals surface area contributed by atoms with Gasteiger partial charge in [-0.1, -0.05) is 48.9 Å². The molecule has 0 unspecified atom stereocenters. The van der Waals surface area contributed by atoms with Gasteiger partial charge in [-0.15, -0.1) is 0 Å². The van der Waals surface area contributed by atoms with E-state index in [9.17, 15) is 4.79 Å². The van der Waals surface area contributed by atoms with Crippen molar-refractivity contribution in [2.45, 2.75) is 45.2 Å². The highest BCUT2D eigenvalue weighted by Crippen LogP contribution is 2.42. The molecule has 2 atom stereocenters. The lowest BCUT2D eigenvalue weighted by Crippen LogP contribution is -2.42. The van der Waals surface area contributed by atoms with E-state index in [1.165, 1.54) is 11.1 Å². The molecule has 2 aromatic carbocycles. The molecule has 0 fully saturated rings. The summed E-state index contributed by atoms with van der Waals surface area (Å²) in [6.45, 7) is 4.10. The summed E-state index contributed by atoms with van der Waals surface area (Å²) in [5, 5.41) is 4.48. The van der Waals surface area contributed by atoms with Gasteiger partial charge in [0.1, 0.15) is 12.1 Å². The van der Waals surface area contributed by atoms with Crippen LogP contribution in [0.2, 0.25) is 0 Å². The first-order valence-electron chi connectivity index (χ1n) is 10.0. The highest BCUT2D eigenvalue weighted by atomic mass is 16.5. The molecular weight excluding hydrogens is 364 g/mol. The van der Waals surface area contributed by atoms with E-state index in [0.29, 0.717) is 12.4 Å². The van der Waals surface area contributed by atoms with Crippen molar-refractivity contribution < 1.29 is 9.53 Å². The third-order valence-corrected chi connectivity index (χ3v) is 5.52. The molecule has 0 radical (unpaired) electrons. The molecule has 150 valence electrons. The lowest BCUT2D eigenvalue weighted by molar-refractivity contribution is -0.119. The average molecular weight is 390 g/mol. The topological polar surface area (TPSA) is 60.2 Å². The molecule has 0 aliphatic carbocycles. The van der Waals surface area contributed by atoms with Crippen molar-refractivity contribution in [3.8, 4) is 5.75 Å². The van der Waals surface area contributed by atoms with Gasteiger partial charge in [-0.2, -0.15) is 10.1 Å². The molecule has 0 N–H and O–H groups in total. The summed E-state index contributed by atoms with van der Waals surface area (Å²) >= 11 is 0. The Balaban J connectivity index is 1.80. The van der Waals surface area contributed by atoms with E-state index in [4.69, 9.17) is 4.74 Å². The predicted molar refractivity (Wildman–Crippen MR) is 112 cm³/mol. The number of aryl methyl sites for hydroxylation is 1. The lowest BCUT2D eigenvalue weighted by atomic mass is 9.91. The minimum atomic E-state index is -0.108. The second kappa shape index (κ2) is 8.07. The van der Waals surface area contributed by atoms with Gasteiger partial charge in [0.25, 0.3) is 0 Å². The quantitative estimate of drug-likeness (QED) is 0.645. The van der Waals surface area contributed by atoms with E-state index in [2.05, 4.69) is 41.3 Å². The van der Waals surface area contributed by atoms with Gasteiger partial charge < -0.3 is 4.74 Å². The second-order valence-electron chi connectivity index (χ2n) is 7.47. The van der Waals surface area contributed by atoms with E-state index in [-0.39, 0.29) is 18.0 Å². The van der Waals surface area contributed by atoms with Crippen LogP contribution >= 0.6 is 0 Å². The van der Waals surface area contributed by atoms with Crippen molar-refractivity contribution >= 4 is 11.9 Å². The van der Waals surface area contributed by atoms with Crippen molar-refractivity contribution in [3.63, 3.8) is 0 Å². The Morgan fingerprint density at radius 3 is 2.38 bits per heavy atom. The van der Waals surface area contributed by atoms with Gasteiger partial charge in [0.2, 0.25) is 11.9 Å². The number of carbonyl (C=O) groups excluding carboxylic acids is 1. The summed E-state index contributed by atoms with van der Waals surface area (Å²) in [5.74, 6) is 1.49. The van der Waals surface area contributed by atoms with Crippen molar-refractivity contribution in [1.82, 2.24) is 14.8 Å². The van der Waals surface area contributed by atoms with Crippen LogP contribution in [-0.4, -0.2) is 27.8 Å². The Kier molecular flexibility index (Phi) is 5.34. The van der Waals surface area contributed by atoms with Crippen LogP contribution < -0.4 is 9.64 Å². The summed E-state index contributed by atoms with van der Waals surface area (Å²) in [7, 11) is 1.66. The fourth-order valence-electron chi connectivity index (χ4n) is 3.99. The first-order valence-corrected chi connectivity index (χ1v) is 10.0. The van der Waals surface area contributed by atoms with Crippen LogP contribution in [0.5, 0.6) is 5.75 Å². The van der Waals surface area contributed by atoms with E-state index >= 15 is 0 Å². The highest BCUT2D eigenvalue weighted by molar-refractivity contribution is 5.92. The van der Waals surface area contributed by atoms with E-state index in [1.54, 1.807) is 13.4 Å². The molecular formula is C23H26N4O2. The molecule has 2 heterocycles. The molecule has 0 spiro atoms. The number of nitrogens with zero attached hydrogens (tertiary/aromatic N) is 4. The largest absolute Gasteiger partial charge is 0.497 e. The van der Waals surface area contributed by atoms with Crippen molar-refractivity contribution in [2.75, 3.05) is 12.0 Å². The van der Waals surface area contributed by atoms with Crippen LogP contribution in [0.1, 0.15) is 55.0 Å². The minimum Gasteiger partial charge on any atom is -0.497 e. The van der Waals surface area contributed by atoms with Gasteiger partial charge in [0.15, 0.2) is 0 Å². The Morgan fingerprint density at radius 1 is 1.07 bits per heavy atom. The Bertz CT molecular complexity index is 979. The van der Waals surface area contributed by atoms with Gasteiger partial charge in [-0.3, -0.25) is 9.69 Å². The number of rotatable bonds is 5. The van der Waals surface area contributed by atoms with Gasteiger partial charge >= 0.3 is 0 Å². The summed E-state index contributed by atoms with van der Waals surface area (Å²) < 4.78 is 7.20. The summed E-state index contributed by atoms with van der Waals surface area (Å²) in [5.41, 5.74) is 3.46. The number of hydrogen-bond acceptors (Lipinski definition) is 4. The van der Waals surface area contributed by atoms with Crippen LogP contribution in [0.4, 0.5) is 5.95 Å². The predicted octanol–water partition coefficient (Wildman–Crippen LogP) is 4.46. The van der Waals surface area contributed by atoms with Crippen LogP contribution in [-0.2, 0) is 4.79 Å². The van der Waals surface area contributed by atoms with Crippen LogP contribution in [0.15, 0.2) is 54.9 Å². The van der Waals surface area contributed by atoms with E-state index < -0.39 is 0 Å². The summed E-state index contributed by atoms with van der Waals surface area (Å²) in [4.78, 5) is 19.4. The second-order valence-corrected chi connectivity index (χ2v) is 7.47. The zero-order chi connectivity index (χ0) is 20.4. The number of benzene rings is 2. The van der Waals surface area contributed by atoms with E-state index in [1.807, 2.05) is 40.8 Å². The van der Waals surface area contributed by atoms with Crippen LogP contribution in [0.3, 0.4) is 0 Å². The van der Waals surface area contributed by atoms with Gasteiger partial charge in [-0.25, -0.2) is 4.68 Å². The number of hydrogen-bond donors (Lipinski definition) is 0. The number of fused-ring (bicyclic) bond motifs is 1. The smallest absolute Gasteiger partial charge is 0.231 e. The van der Waals surface area contributed by atoms with E-state index in [0.717, 1.165) is 24.2 Å². The number of anilines is 1. The monoisotopic (exact) mass is 390 g/mol. The molecule has 1 aliphatic heterocycles. The van der Waals surface area contributed by atoms with Crippen LogP contribution in [0, 0.1) is 6.92 Å². The molecule has 1 aromatic heterocycles. The first kappa shape index (κ1) is 19.2. The van der Waals surface area contributed by atoms with Gasteiger partial charge in [0.05, 0.1) is 19.2 Å². The van der Waals surface area contributed by atoms with Crippen LogP contribution in [0.25, 0.3) is 0 Å². The zero-order valence-corrected chi connectivity index (χ0v) is 17.1. The normalized spacial score (nSPS) is 18.4. The molecule has 6 nitrogen and oxygen atoms in total. The maximum absolute atomic E-state index is 13.1. The molecule has 0 saturated heterocycles. The highest BCUT2D eigenvalue weighted by Gasteiger charge is 2.38. The lowest BCUT2D eigenvalue weighted by Gasteiger charge is -2.39. The number of aromatic nitrogens is 3. The first-order chi connectivity index (χ1) is 14.1. The molecule has 1 aliphatic rings. The Morgan fingerprint density at radius 2 is 1.72 bits per heavy atom. The van der Waals surface area contributed by atoms with Gasteiger partial charge in [-0.05, 0) is 43.0 Å². The van der Waals surface area contributed by atoms with Crippen molar-refractivity contribution in [2.24, 2.45) is 0 Å². The molecule has 3 aromatic rings. The molecule has 29 heavy (non-hydrogen) atoms. The molecule has 0 saturated carbocycles.